The maximum atomic E-state index is 12.4. The van der Waals surface area contributed by atoms with Crippen LogP contribution in [0.2, 0.25) is 0 Å². The molecule has 3 N–H and O–H groups in total. The summed E-state index contributed by atoms with van der Waals surface area (Å²) < 4.78 is 0. The molecule has 0 radical (unpaired) electrons. The van der Waals surface area contributed by atoms with Gasteiger partial charge >= 0.3 is 0 Å². The summed E-state index contributed by atoms with van der Waals surface area (Å²) in [6.07, 6.45) is 0.546. The fourth-order valence-corrected chi connectivity index (χ4v) is 3.38. The van der Waals surface area contributed by atoms with E-state index in [4.69, 9.17) is 5.73 Å². The van der Waals surface area contributed by atoms with Crippen LogP contribution in [0, 0.1) is 0 Å². The number of amides is 2. The second kappa shape index (κ2) is 8.22. The van der Waals surface area contributed by atoms with Gasteiger partial charge in [0, 0.05) is 32.9 Å². The third-order valence-corrected chi connectivity index (χ3v) is 4.96. The lowest BCUT2D eigenvalue weighted by Crippen LogP contribution is -2.51. The molecule has 0 saturated heterocycles. The molecule has 1 aliphatic heterocycles. The minimum Gasteiger partial charge on any atom is -0.378 e. The molecule has 142 valence electrons. The summed E-state index contributed by atoms with van der Waals surface area (Å²) in [6.45, 7) is 1.16. The molecular formula is C21H26N4O2. The molecule has 0 aliphatic carbocycles. The number of fused-ring (bicyclic) bond motifs is 1. The molecule has 2 aromatic carbocycles. The van der Waals surface area contributed by atoms with Crippen LogP contribution in [-0.4, -0.2) is 43.4 Å². The summed E-state index contributed by atoms with van der Waals surface area (Å²) in [4.78, 5) is 28.2. The van der Waals surface area contributed by atoms with Crippen LogP contribution in [0.4, 0.5) is 5.69 Å². The fourth-order valence-electron chi connectivity index (χ4n) is 3.38. The van der Waals surface area contributed by atoms with Gasteiger partial charge in [0.25, 0.3) is 0 Å². The molecular weight excluding hydrogens is 340 g/mol. The highest BCUT2D eigenvalue weighted by molar-refractivity contribution is 5.83. The molecule has 0 fully saturated rings. The Labute approximate surface area is 159 Å². The van der Waals surface area contributed by atoms with Gasteiger partial charge in [-0.3, -0.25) is 14.5 Å². The SMILES string of the molecule is CN(C)c1ccc(CNC(=O)CN2Cc3ccccc3C[C@@H]2C(N)=O)cc1. The predicted octanol–water partition coefficient (Wildman–Crippen LogP) is 1.28. The van der Waals surface area contributed by atoms with E-state index >= 15 is 0 Å². The predicted molar refractivity (Wildman–Crippen MR) is 106 cm³/mol. The minimum atomic E-state index is -0.454. The van der Waals surface area contributed by atoms with Gasteiger partial charge in [-0.1, -0.05) is 36.4 Å². The van der Waals surface area contributed by atoms with E-state index in [2.05, 4.69) is 5.32 Å². The molecule has 6 heteroatoms. The Morgan fingerprint density at radius 1 is 1.11 bits per heavy atom. The summed E-state index contributed by atoms with van der Waals surface area (Å²) >= 11 is 0. The van der Waals surface area contributed by atoms with Crippen LogP contribution in [0.3, 0.4) is 0 Å². The van der Waals surface area contributed by atoms with Crippen molar-refractivity contribution in [1.29, 1.82) is 0 Å². The van der Waals surface area contributed by atoms with Gasteiger partial charge in [-0.25, -0.2) is 0 Å². The molecule has 6 nitrogen and oxygen atoms in total. The Morgan fingerprint density at radius 3 is 2.41 bits per heavy atom. The summed E-state index contributed by atoms with van der Waals surface area (Å²) in [5.74, 6) is -0.506. The van der Waals surface area contributed by atoms with Crippen molar-refractivity contribution in [3.63, 3.8) is 0 Å². The first kappa shape index (κ1) is 18.9. The van der Waals surface area contributed by atoms with E-state index in [-0.39, 0.29) is 12.5 Å². The number of hydrogen-bond acceptors (Lipinski definition) is 4. The third kappa shape index (κ3) is 4.65. The first-order valence-corrected chi connectivity index (χ1v) is 9.07. The number of primary amides is 1. The quantitative estimate of drug-likeness (QED) is 0.807. The zero-order valence-electron chi connectivity index (χ0n) is 15.8. The van der Waals surface area contributed by atoms with Gasteiger partial charge in [-0.2, -0.15) is 0 Å². The van der Waals surface area contributed by atoms with Crippen molar-refractivity contribution >= 4 is 17.5 Å². The van der Waals surface area contributed by atoms with Crippen LogP contribution < -0.4 is 16.0 Å². The molecule has 0 saturated carbocycles. The maximum Gasteiger partial charge on any atom is 0.235 e. The van der Waals surface area contributed by atoms with E-state index in [9.17, 15) is 9.59 Å². The molecule has 2 aromatic rings. The summed E-state index contributed by atoms with van der Waals surface area (Å²) in [7, 11) is 3.98. The third-order valence-electron chi connectivity index (χ3n) is 4.96. The topological polar surface area (TPSA) is 78.7 Å². The number of nitrogens with two attached hydrogens (primary N) is 1. The van der Waals surface area contributed by atoms with Crippen molar-refractivity contribution in [1.82, 2.24) is 10.2 Å². The largest absolute Gasteiger partial charge is 0.378 e. The first-order valence-electron chi connectivity index (χ1n) is 9.07. The molecule has 0 spiro atoms. The van der Waals surface area contributed by atoms with Crippen LogP contribution in [0.25, 0.3) is 0 Å². The molecule has 2 amide bonds. The number of hydrogen-bond donors (Lipinski definition) is 2. The Morgan fingerprint density at radius 2 is 1.78 bits per heavy atom. The summed E-state index contributed by atoms with van der Waals surface area (Å²) in [5.41, 5.74) is 9.99. The van der Waals surface area contributed by atoms with Gasteiger partial charge in [-0.05, 0) is 35.2 Å². The Balaban J connectivity index is 1.60. The van der Waals surface area contributed by atoms with Gasteiger partial charge < -0.3 is 16.0 Å². The van der Waals surface area contributed by atoms with Gasteiger partial charge in [0.05, 0.1) is 12.6 Å². The van der Waals surface area contributed by atoms with Crippen LogP contribution >= 0.6 is 0 Å². The average molecular weight is 366 g/mol. The molecule has 1 heterocycles. The van der Waals surface area contributed by atoms with Crippen molar-refractivity contribution in [3.8, 4) is 0 Å². The molecule has 27 heavy (non-hydrogen) atoms. The zero-order valence-corrected chi connectivity index (χ0v) is 15.8. The lowest BCUT2D eigenvalue weighted by molar-refractivity contribution is -0.127. The second-order valence-electron chi connectivity index (χ2n) is 7.13. The number of nitrogens with zero attached hydrogens (tertiary/aromatic N) is 2. The molecule has 0 bridgehead atoms. The lowest BCUT2D eigenvalue weighted by atomic mass is 9.93. The van der Waals surface area contributed by atoms with Crippen LogP contribution in [-0.2, 0) is 29.1 Å². The zero-order chi connectivity index (χ0) is 19.4. The van der Waals surface area contributed by atoms with E-state index in [1.807, 2.05) is 72.4 Å². The van der Waals surface area contributed by atoms with E-state index < -0.39 is 11.9 Å². The van der Waals surface area contributed by atoms with Crippen molar-refractivity contribution in [2.45, 2.75) is 25.6 Å². The highest BCUT2D eigenvalue weighted by atomic mass is 16.2. The van der Waals surface area contributed by atoms with E-state index in [0.717, 1.165) is 22.4 Å². The fraction of sp³-hybridized carbons (Fsp3) is 0.333. The average Bonchev–Trinajstić information content (AvgIpc) is 2.66. The molecule has 1 aliphatic rings. The van der Waals surface area contributed by atoms with Crippen LogP contribution in [0.5, 0.6) is 0 Å². The monoisotopic (exact) mass is 366 g/mol. The van der Waals surface area contributed by atoms with Crippen molar-refractivity contribution in [2.24, 2.45) is 5.73 Å². The number of anilines is 1. The number of carbonyl (C=O) groups is 2. The second-order valence-corrected chi connectivity index (χ2v) is 7.13. The lowest BCUT2D eigenvalue weighted by Gasteiger charge is -2.34. The Bertz CT molecular complexity index is 817. The number of carbonyl (C=O) groups excluding carboxylic acids is 2. The smallest absolute Gasteiger partial charge is 0.235 e. The van der Waals surface area contributed by atoms with Crippen molar-refractivity contribution in [3.05, 3.63) is 65.2 Å². The van der Waals surface area contributed by atoms with Gasteiger partial charge in [0.15, 0.2) is 0 Å². The maximum absolute atomic E-state index is 12.4. The Hall–Kier alpha value is -2.86. The number of benzene rings is 2. The highest BCUT2D eigenvalue weighted by Gasteiger charge is 2.31. The Kier molecular flexibility index (Phi) is 5.76. The standard InChI is InChI=1S/C21H26N4O2/c1-24(2)18-9-7-15(8-10-18)12-23-20(26)14-25-13-17-6-4-3-5-16(17)11-19(25)21(22)27/h3-10,19H,11-14H2,1-2H3,(H2,22,27)(H,23,26)/t19-/m1/s1. The van der Waals surface area contributed by atoms with E-state index in [1.165, 1.54) is 0 Å². The van der Waals surface area contributed by atoms with Gasteiger partial charge in [0.1, 0.15) is 0 Å². The van der Waals surface area contributed by atoms with E-state index in [1.54, 1.807) is 0 Å². The van der Waals surface area contributed by atoms with Crippen molar-refractivity contribution in [2.75, 3.05) is 25.5 Å². The van der Waals surface area contributed by atoms with E-state index in [0.29, 0.717) is 19.5 Å². The molecule has 1 atom stereocenters. The number of nitrogens with one attached hydrogen (secondary N) is 1. The normalized spacial score (nSPS) is 16.4. The molecule has 3 rings (SSSR count). The molecule has 0 unspecified atom stereocenters. The van der Waals surface area contributed by atoms with Crippen LogP contribution in [0.1, 0.15) is 16.7 Å². The highest BCUT2D eigenvalue weighted by Crippen LogP contribution is 2.22. The summed E-state index contributed by atoms with van der Waals surface area (Å²) in [5, 5.41) is 2.93. The van der Waals surface area contributed by atoms with Gasteiger partial charge in [0.2, 0.25) is 11.8 Å². The number of rotatable bonds is 6. The van der Waals surface area contributed by atoms with Crippen LogP contribution in [0.15, 0.2) is 48.5 Å². The minimum absolute atomic E-state index is 0.114. The summed E-state index contributed by atoms with van der Waals surface area (Å²) in [6, 6.07) is 15.6. The van der Waals surface area contributed by atoms with Gasteiger partial charge in [-0.15, -0.1) is 0 Å². The molecule has 0 aromatic heterocycles. The van der Waals surface area contributed by atoms with Crippen molar-refractivity contribution < 1.29 is 9.59 Å². The first-order chi connectivity index (χ1) is 12.9.